The zero-order chi connectivity index (χ0) is 20.1. The van der Waals surface area contributed by atoms with Crippen molar-refractivity contribution in [3.63, 3.8) is 0 Å². The standard InChI is InChI=1S/C16H14N8O4/c1-11-2-4-12(5-3-11)22-16(19-20-21-22)8-9-17-18-14-7-6-13(23(25)26)10-15(14)24(27)28/h2-7,9-10,18H,8H2,1H3/b17-9-. The van der Waals surface area contributed by atoms with Gasteiger partial charge in [0.25, 0.3) is 5.69 Å². The highest BCUT2D eigenvalue weighted by atomic mass is 16.6. The fraction of sp³-hybridized carbons (Fsp3) is 0.125. The van der Waals surface area contributed by atoms with Crippen molar-refractivity contribution in [3.05, 3.63) is 74.1 Å². The maximum atomic E-state index is 11.1. The summed E-state index contributed by atoms with van der Waals surface area (Å²) in [4.78, 5) is 20.4. The molecule has 0 spiro atoms. The molecular weight excluding hydrogens is 368 g/mol. The molecule has 0 fully saturated rings. The fourth-order valence-corrected chi connectivity index (χ4v) is 2.34. The highest BCUT2D eigenvalue weighted by Crippen LogP contribution is 2.28. The minimum absolute atomic E-state index is 0.0324. The molecule has 2 aromatic carbocycles. The van der Waals surface area contributed by atoms with Crippen molar-refractivity contribution in [2.45, 2.75) is 13.3 Å². The predicted molar refractivity (Wildman–Crippen MR) is 99.5 cm³/mol. The number of anilines is 1. The van der Waals surface area contributed by atoms with Crippen molar-refractivity contribution in [3.8, 4) is 5.69 Å². The molecule has 0 radical (unpaired) electrons. The summed E-state index contributed by atoms with van der Waals surface area (Å²) in [5.41, 5.74) is 3.62. The first-order valence-electron chi connectivity index (χ1n) is 8.00. The average molecular weight is 382 g/mol. The largest absolute Gasteiger partial charge is 0.301 e. The van der Waals surface area contributed by atoms with E-state index in [9.17, 15) is 20.2 Å². The molecule has 142 valence electrons. The van der Waals surface area contributed by atoms with Crippen molar-refractivity contribution < 1.29 is 9.85 Å². The normalized spacial score (nSPS) is 10.9. The van der Waals surface area contributed by atoms with Gasteiger partial charge in [-0.25, -0.2) is 0 Å². The molecule has 0 saturated carbocycles. The van der Waals surface area contributed by atoms with Crippen LogP contribution in [0.4, 0.5) is 17.1 Å². The molecule has 12 nitrogen and oxygen atoms in total. The van der Waals surface area contributed by atoms with Crippen LogP contribution >= 0.6 is 0 Å². The number of aromatic nitrogens is 4. The van der Waals surface area contributed by atoms with Crippen LogP contribution in [0, 0.1) is 27.2 Å². The number of hydrogen-bond acceptors (Lipinski definition) is 9. The van der Waals surface area contributed by atoms with Crippen LogP contribution in [0.5, 0.6) is 0 Å². The Kier molecular flexibility index (Phi) is 5.30. The molecule has 0 bridgehead atoms. The summed E-state index contributed by atoms with van der Waals surface area (Å²) in [5.74, 6) is 0.521. The quantitative estimate of drug-likeness (QED) is 0.371. The topological polar surface area (TPSA) is 154 Å². The number of benzene rings is 2. The van der Waals surface area contributed by atoms with Crippen LogP contribution in [0.25, 0.3) is 5.69 Å². The highest BCUT2D eigenvalue weighted by molar-refractivity contribution is 5.68. The Morgan fingerprint density at radius 1 is 1.14 bits per heavy atom. The molecule has 0 atom stereocenters. The van der Waals surface area contributed by atoms with Gasteiger partial charge in [-0.3, -0.25) is 25.7 Å². The summed E-state index contributed by atoms with van der Waals surface area (Å²) in [6, 6.07) is 10.9. The molecule has 0 unspecified atom stereocenters. The van der Waals surface area contributed by atoms with Gasteiger partial charge in [-0.05, 0) is 35.5 Å². The lowest BCUT2D eigenvalue weighted by Gasteiger charge is -2.03. The van der Waals surface area contributed by atoms with E-state index < -0.39 is 15.5 Å². The number of hydrogen-bond donors (Lipinski definition) is 1. The lowest BCUT2D eigenvalue weighted by atomic mass is 10.2. The first-order valence-corrected chi connectivity index (χ1v) is 8.00. The molecule has 0 saturated heterocycles. The van der Waals surface area contributed by atoms with Crippen LogP contribution in [0.3, 0.4) is 0 Å². The lowest BCUT2D eigenvalue weighted by molar-refractivity contribution is -0.393. The molecule has 28 heavy (non-hydrogen) atoms. The SMILES string of the molecule is Cc1ccc(-n2nnnc2C/C=N\Nc2ccc([N+](=O)[O-])cc2[N+](=O)[O-])cc1. The van der Waals surface area contributed by atoms with Crippen molar-refractivity contribution in [1.82, 2.24) is 20.2 Å². The van der Waals surface area contributed by atoms with Crippen LogP contribution < -0.4 is 5.43 Å². The van der Waals surface area contributed by atoms with Crippen LogP contribution in [-0.4, -0.2) is 36.3 Å². The number of hydrazone groups is 1. The molecule has 0 amide bonds. The van der Waals surface area contributed by atoms with E-state index in [0.29, 0.717) is 5.82 Å². The summed E-state index contributed by atoms with van der Waals surface area (Å²) in [6.07, 6.45) is 1.70. The minimum atomic E-state index is -0.719. The Bertz CT molecular complexity index is 1050. The number of nitro groups is 2. The number of tetrazole rings is 1. The zero-order valence-corrected chi connectivity index (χ0v) is 14.6. The number of nitrogens with zero attached hydrogens (tertiary/aromatic N) is 7. The van der Waals surface area contributed by atoms with Crippen molar-refractivity contribution in [2.24, 2.45) is 5.10 Å². The Labute approximate surface area is 157 Å². The molecule has 0 aliphatic carbocycles. The van der Waals surface area contributed by atoms with E-state index >= 15 is 0 Å². The molecule has 12 heteroatoms. The maximum Gasteiger partial charge on any atom is 0.301 e. The van der Waals surface area contributed by atoms with Crippen molar-refractivity contribution >= 4 is 23.3 Å². The van der Waals surface area contributed by atoms with Gasteiger partial charge in [0.1, 0.15) is 5.69 Å². The summed E-state index contributed by atoms with van der Waals surface area (Å²) >= 11 is 0. The second kappa shape index (κ2) is 7.99. The predicted octanol–water partition coefficient (Wildman–Crippen LogP) is 2.43. The Morgan fingerprint density at radius 2 is 1.89 bits per heavy atom. The summed E-state index contributed by atoms with van der Waals surface area (Å²) in [6.45, 7) is 1.97. The zero-order valence-electron chi connectivity index (χ0n) is 14.6. The van der Waals surface area contributed by atoms with Gasteiger partial charge in [-0.2, -0.15) is 9.78 Å². The Morgan fingerprint density at radius 3 is 2.57 bits per heavy atom. The number of aryl methyl sites for hydroxylation is 1. The molecule has 3 aromatic rings. The maximum absolute atomic E-state index is 11.1. The van der Waals surface area contributed by atoms with E-state index in [4.69, 9.17) is 0 Å². The van der Waals surface area contributed by atoms with Crippen LogP contribution in [-0.2, 0) is 6.42 Å². The van der Waals surface area contributed by atoms with Crippen molar-refractivity contribution in [2.75, 3.05) is 5.43 Å². The number of non-ortho nitro benzene ring substituents is 1. The second-order valence-electron chi connectivity index (χ2n) is 5.69. The highest BCUT2D eigenvalue weighted by Gasteiger charge is 2.19. The van der Waals surface area contributed by atoms with E-state index in [1.54, 1.807) is 4.68 Å². The minimum Gasteiger partial charge on any atom is -0.272 e. The molecule has 1 aromatic heterocycles. The number of rotatable bonds is 7. The van der Waals surface area contributed by atoms with Gasteiger partial charge in [-0.1, -0.05) is 17.7 Å². The number of nitro benzene ring substituents is 2. The van der Waals surface area contributed by atoms with Gasteiger partial charge < -0.3 is 0 Å². The molecule has 1 N–H and O–H groups in total. The first kappa shape index (κ1) is 18.6. The Hall–Kier alpha value is -4.22. The molecular formula is C16H14N8O4. The summed E-state index contributed by atoms with van der Waals surface area (Å²) in [5, 5.41) is 37.3. The molecule has 0 aliphatic rings. The molecule has 1 heterocycles. The fourth-order valence-electron chi connectivity index (χ4n) is 2.34. The van der Waals surface area contributed by atoms with Gasteiger partial charge in [0, 0.05) is 18.7 Å². The number of nitrogens with one attached hydrogen (secondary N) is 1. The van der Waals surface area contributed by atoms with E-state index in [1.165, 1.54) is 12.3 Å². The van der Waals surface area contributed by atoms with Gasteiger partial charge in [0.2, 0.25) is 0 Å². The average Bonchev–Trinajstić information content (AvgIpc) is 3.14. The lowest BCUT2D eigenvalue weighted by Crippen LogP contribution is -2.05. The van der Waals surface area contributed by atoms with E-state index in [-0.39, 0.29) is 17.8 Å². The molecule has 0 aliphatic heterocycles. The van der Waals surface area contributed by atoms with Gasteiger partial charge in [0.15, 0.2) is 5.82 Å². The Balaban J connectivity index is 1.72. The van der Waals surface area contributed by atoms with E-state index in [2.05, 4.69) is 26.1 Å². The first-order chi connectivity index (χ1) is 13.5. The summed E-state index contributed by atoms with van der Waals surface area (Å²) < 4.78 is 1.56. The third kappa shape index (κ3) is 4.12. The third-order valence-electron chi connectivity index (χ3n) is 3.75. The van der Waals surface area contributed by atoms with Crippen LogP contribution in [0.1, 0.15) is 11.4 Å². The second-order valence-corrected chi connectivity index (χ2v) is 5.69. The summed E-state index contributed by atoms with van der Waals surface area (Å²) in [7, 11) is 0. The third-order valence-corrected chi connectivity index (χ3v) is 3.75. The van der Waals surface area contributed by atoms with Crippen LogP contribution in [0.2, 0.25) is 0 Å². The smallest absolute Gasteiger partial charge is 0.272 e. The van der Waals surface area contributed by atoms with E-state index in [1.807, 2.05) is 31.2 Å². The van der Waals surface area contributed by atoms with Crippen LogP contribution in [0.15, 0.2) is 47.6 Å². The van der Waals surface area contributed by atoms with Crippen molar-refractivity contribution in [1.29, 1.82) is 0 Å². The molecule has 3 rings (SSSR count). The monoisotopic (exact) mass is 382 g/mol. The van der Waals surface area contributed by atoms with Gasteiger partial charge >= 0.3 is 5.69 Å². The van der Waals surface area contributed by atoms with Gasteiger partial charge in [0.05, 0.1) is 21.6 Å². The van der Waals surface area contributed by atoms with E-state index in [0.717, 1.165) is 23.4 Å². The van der Waals surface area contributed by atoms with Gasteiger partial charge in [-0.15, -0.1) is 5.10 Å².